The van der Waals surface area contributed by atoms with Crippen molar-refractivity contribution in [3.05, 3.63) is 54.1 Å². The van der Waals surface area contributed by atoms with Crippen LogP contribution in [0.4, 0.5) is 0 Å². The van der Waals surface area contributed by atoms with Gasteiger partial charge in [0.25, 0.3) is 0 Å². The number of rotatable bonds is 22. The minimum Gasteiger partial charge on any atom is -0.489 e. The molecule has 3 nitrogen and oxygen atoms in total. The van der Waals surface area contributed by atoms with Gasteiger partial charge in [0.05, 0.1) is 6.61 Å². The molecule has 3 rings (SSSR count). The third-order valence-electron chi connectivity index (χ3n) is 7.84. The number of aliphatic hydroxyl groups is 1. The standard InChI is InChI=1S/C36H54O3/c1-3-4-5-6-7-8-9-10-11-12-13-14-15-16-17-20-25-38-28-33(37)29-39-36-34-22-19-18-21-31(34)27-32-24-23-30(2)26-35(32)36/h18-19,21-24,26-27,33,37H,3-17,20,25,28-29H2,1-2H3. The van der Waals surface area contributed by atoms with Crippen molar-refractivity contribution in [2.75, 3.05) is 19.8 Å². The number of unbranched alkanes of at least 4 members (excludes halogenated alkanes) is 15. The maximum Gasteiger partial charge on any atom is 0.135 e. The van der Waals surface area contributed by atoms with E-state index in [1.54, 1.807) is 0 Å². The molecule has 0 bridgehead atoms. The van der Waals surface area contributed by atoms with Gasteiger partial charge in [0.1, 0.15) is 18.5 Å². The van der Waals surface area contributed by atoms with Gasteiger partial charge in [0.15, 0.2) is 0 Å². The second kappa shape index (κ2) is 19.1. The summed E-state index contributed by atoms with van der Waals surface area (Å²) >= 11 is 0. The Morgan fingerprint density at radius 1 is 0.615 bits per heavy atom. The molecule has 1 atom stereocenters. The summed E-state index contributed by atoms with van der Waals surface area (Å²) in [4.78, 5) is 0. The molecular formula is C36H54O3. The van der Waals surface area contributed by atoms with Crippen molar-refractivity contribution >= 4 is 21.5 Å². The van der Waals surface area contributed by atoms with E-state index in [1.807, 2.05) is 12.1 Å². The molecule has 1 N–H and O–H groups in total. The van der Waals surface area contributed by atoms with Crippen LogP contribution in [0.25, 0.3) is 21.5 Å². The predicted molar refractivity (Wildman–Crippen MR) is 168 cm³/mol. The third-order valence-corrected chi connectivity index (χ3v) is 7.84. The molecule has 0 aliphatic heterocycles. The Bertz CT molecular complexity index is 1060. The van der Waals surface area contributed by atoms with Crippen molar-refractivity contribution in [3.63, 3.8) is 0 Å². The van der Waals surface area contributed by atoms with E-state index in [1.165, 1.54) is 102 Å². The maximum atomic E-state index is 10.5. The molecule has 0 saturated heterocycles. The lowest BCUT2D eigenvalue weighted by Crippen LogP contribution is -2.23. The van der Waals surface area contributed by atoms with Crippen LogP contribution in [0.5, 0.6) is 5.75 Å². The quantitative estimate of drug-likeness (QED) is 0.103. The summed E-state index contributed by atoms with van der Waals surface area (Å²) < 4.78 is 12.0. The fourth-order valence-corrected chi connectivity index (χ4v) is 5.49. The summed E-state index contributed by atoms with van der Waals surface area (Å²) in [5.74, 6) is 0.851. The number of aryl methyl sites for hydroxylation is 1. The fourth-order valence-electron chi connectivity index (χ4n) is 5.49. The zero-order valence-corrected chi connectivity index (χ0v) is 24.9. The molecule has 39 heavy (non-hydrogen) atoms. The topological polar surface area (TPSA) is 38.7 Å². The average molecular weight is 535 g/mol. The molecule has 3 heteroatoms. The molecule has 0 radical (unpaired) electrons. The van der Waals surface area contributed by atoms with E-state index < -0.39 is 6.10 Å². The van der Waals surface area contributed by atoms with E-state index in [0.29, 0.717) is 13.2 Å². The monoisotopic (exact) mass is 534 g/mol. The summed E-state index contributed by atoms with van der Waals surface area (Å²) in [5.41, 5.74) is 1.20. The Morgan fingerprint density at radius 3 is 1.82 bits per heavy atom. The Kier molecular flexibility index (Phi) is 15.4. The van der Waals surface area contributed by atoms with E-state index in [0.717, 1.165) is 33.7 Å². The fraction of sp³-hybridized carbons (Fsp3) is 0.611. The van der Waals surface area contributed by atoms with Gasteiger partial charge in [-0.2, -0.15) is 0 Å². The number of hydrogen-bond acceptors (Lipinski definition) is 3. The van der Waals surface area contributed by atoms with Crippen molar-refractivity contribution in [1.82, 2.24) is 0 Å². The van der Waals surface area contributed by atoms with Crippen LogP contribution >= 0.6 is 0 Å². The summed E-state index contributed by atoms with van der Waals surface area (Å²) in [5, 5.41) is 15.0. The van der Waals surface area contributed by atoms with Gasteiger partial charge in [-0.15, -0.1) is 0 Å². The highest BCUT2D eigenvalue weighted by Gasteiger charge is 2.12. The second-order valence-corrected chi connectivity index (χ2v) is 11.5. The molecular weight excluding hydrogens is 480 g/mol. The zero-order chi connectivity index (χ0) is 27.5. The lowest BCUT2D eigenvalue weighted by Gasteiger charge is -2.16. The predicted octanol–water partition coefficient (Wildman–Crippen LogP) is 10.3. The van der Waals surface area contributed by atoms with Crippen molar-refractivity contribution in [1.29, 1.82) is 0 Å². The SMILES string of the molecule is CCCCCCCCCCCCCCCCCCOCC(O)COc1c2ccccc2cc2ccc(C)cc12. The first kappa shape index (κ1) is 31.4. The lowest BCUT2D eigenvalue weighted by atomic mass is 10.0. The van der Waals surface area contributed by atoms with Crippen LogP contribution in [-0.2, 0) is 4.74 Å². The first-order valence-electron chi connectivity index (χ1n) is 16.0. The average Bonchev–Trinajstić information content (AvgIpc) is 2.94. The van der Waals surface area contributed by atoms with Crippen LogP contribution in [-0.4, -0.2) is 31.0 Å². The summed E-state index contributed by atoms with van der Waals surface area (Å²) in [7, 11) is 0. The van der Waals surface area contributed by atoms with Crippen LogP contribution in [0.15, 0.2) is 48.5 Å². The normalized spacial score (nSPS) is 12.4. The van der Waals surface area contributed by atoms with Gasteiger partial charge in [-0.05, 0) is 36.2 Å². The molecule has 3 aromatic rings. The molecule has 3 aromatic carbocycles. The van der Waals surface area contributed by atoms with Crippen molar-refractivity contribution in [2.45, 2.75) is 123 Å². The van der Waals surface area contributed by atoms with Crippen LogP contribution in [0.2, 0.25) is 0 Å². The maximum absolute atomic E-state index is 10.5. The largest absolute Gasteiger partial charge is 0.489 e. The molecule has 0 amide bonds. The van der Waals surface area contributed by atoms with Crippen molar-refractivity contribution in [3.8, 4) is 5.75 Å². The summed E-state index contributed by atoms with van der Waals surface area (Å²) in [6.45, 7) is 5.65. The van der Waals surface area contributed by atoms with E-state index in [4.69, 9.17) is 9.47 Å². The molecule has 216 valence electrons. The van der Waals surface area contributed by atoms with Gasteiger partial charge in [0, 0.05) is 17.4 Å². The molecule has 0 aliphatic carbocycles. The van der Waals surface area contributed by atoms with Gasteiger partial charge < -0.3 is 14.6 Å². The van der Waals surface area contributed by atoms with E-state index in [9.17, 15) is 5.11 Å². The Hall–Kier alpha value is -2.10. The Labute approximate surface area is 238 Å². The zero-order valence-electron chi connectivity index (χ0n) is 24.9. The minimum atomic E-state index is -0.634. The van der Waals surface area contributed by atoms with E-state index in [-0.39, 0.29) is 6.61 Å². The van der Waals surface area contributed by atoms with Gasteiger partial charge in [-0.25, -0.2) is 0 Å². The molecule has 0 aromatic heterocycles. The Balaban J connectivity index is 1.19. The van der Waals surface area contributed by atoms with E-state index in [2.05, 4.69) is 50.2 Å². The van der Waals surface area contributed by atoms with Crippen LogP contribution in [0, 0.1) is 6.92 Å². The number of ether oxygens (including phenoxy) is 2. The first-order chi connectivity index (χ1) is 19.2. The molecule has 0 saturated carbocycles. The first-order valence-corrected chi connectivity index (χ1v) is 16.0. The highest BCUT2D eigenvalue weighted by atomic mass is 16.5. The van der Waals surface area contributed by atoms with Crippen LogP contribution in [0.3, 0.4) is 0 Å². The second-order valence-electron chi connectivity index (χ2n) is 11.5. The summed E-state index contributed by atoms with van der Waals surface area (Å²) in [6, 6.07) is 16.9. The number of hydrogen-bond donors (Lipinski definition) is 1. The number of fused-ring (bicyclic) bond motifs is 2. The van der Waals surface area contributed by atoms with Gasteiger partial charge in [-0.3, -0.25) is 0 Å². The van der Waals surface area contributed by atoms with E-state index >= 15 is 0 Å². The van der Waals surface area contributed by atoms with Gasteiger partial charge >= 0.3 is 0 Å². The number of aliphatic hydroxyl groups excluding tert-OH is 1. The van der Waals surface area contributed by atoms with Crippen molar-refractivity contribution in [2.24, 2.45) is 0 Å². The van der Waals surface area contributed by atoms with Crippen LogP contribution < -0.4 is 4.74 Å². The Morgan fingerprint density at radius 2 is 1.18 bits per heavy atom. The smallest absolute Gasteiger partial charge is 0.135 e. The minimum absolute atomic E-state index is 0.232. The lowest BCUT2D eigenvalue weighted by molar-refractivity contribution is 0.0115. The molecule has 0 fully saturated rings. The molecule has 0 spiro atoms. The summed E-state index contributed by atoms with van der Waals surface area (Å²) in [6.07, 6.45) is 21.3. The highest BCUT2D eigenvalue weighted by Crippen LogP contribution is 2.35. The molecule has 0 heterocycles. The van der Waals surface area contributed by atoms with Gasteiger partial charge in [-0.1, -0.05) is 145 Å². The number of benzene rings is 3. The van der Waals surface area contributed by atoms with Crippen LogP contribution in [0.1, 0.15) is 115 Å². The highest BCUT2D eigenvalue weighted by molar-refractivity contribution is 6.05. The van der Waals surface area contributed by atoms with Gasteiger partial charge in [0.2, 0.25) is 0 Å². The van der Waals surface area contributed by atoms with Crippen molar-refractivity contribution < 1.29 is 14.6 Å². The molecule has 0 aliphatic rings. The molecule has 1 unspecified atom stereocenters. The third kappa shape index (κ3) is 11.9.